The Morgan fingerprint density at radius 2 is 1.75 bits per heavy atom. The number of alkyl halides is 3. The van der Waals surface area contributed by atoms with E-state index in [1.165, 1.54) is 26.0 Å². The second kappa shape index (κ2) is 11.2. The first kappa shape index (κ1) is 27.9. The summed E-state index contributed by atoms with van der Waals surface area (Å²) in [7, 11) is 0. The predicted molar refractivity (Wildman–Crippen MR) is 134 cm³/mol. The fraction of sp³-hybridized carbons (Fsp3) is 0.308. The normalized spacial score (nSPS) is 13.7. The van der Waals surface area contributed by atoms with Crippen LogP contribution < -0.4 is 10.1 Å². The largest absolute Gasteiger partial charge is 0.462 e. The fourth-order valence-electron chi connectivity index (χ4n) is 3.70. The summed E-state index contributed by atoms with van der Waals surface area (Å²) in [6.45, 7) is 5.08. The number of amides is 1. The molecule has 10 heteroatoms. The minimum atomic E-state index is -4.53. The van der Waals surface area contributed by atoms with Crippen LogP contribution in [-0.4, -0.2) is 23.0 Å². The SMILES string of the molecule is CC(c1ccc(Cl)cc1)C(CNC(=O)C(C)(C)Oc1ccc(C(F)(F)F)cn1)c1cc(F)cc(Br)c1. The lowest BCUT2D eigenvalue weighted by atomic mass is 9.82. The highest BCUT2D eigenvalue weighted by atomic mass is 79.9. The van der Waals surface area contributed by atoms with E-state index in [1.54, 1.807) is 18.2 Å². The maximum absolute atomic E-state index is 14.2. The van der Waals surface area contributed by atoms with Gasteiger partial charge in [-0.05, 0) is 67.3 Å². The van der Waals surface area contributed by atoms with Crippen molar-refractivity contribution in [3.05, 3.63) is 92.8 Å². The standard InChI is InChI=1S/C26H24BrClF4N2O2/c1-15(16-4-7-20(28)8-5-16)22(17-10-19(27)12-21(29)11-17)14-34-24(35)25(2,3)36-23-9-6-18(13-33-23)26(30,31)32/h4-13,15,22H,14H2,1-3H3,(H,34,35). The molecule has 0 aliphatic rings. The van der Waals surface area contributed by atoms with E-state index in [0.717, 1.165) is 17.7 Å². The zero-order chi connectivity index (χ0) is 26.7. The number of nitrogens with one attached hydrogen (secondary N) is 1. The third-order valence-electron chi connectivity index (χ3n) is 5.77. The fourth-order valence-corrected chi connectivity index (χ4v) is 4.31. The monoisotopic (exact) mass is 586 g/mol. The number of halogens is 6. The summed E-state index contributed by atoms with van der Waals surface area (Å²) in [5.41, 5.74) is -0.739. The minimum Gasteiger partial charge on any atom is -0.462 e. The molecule has 1 aromatic heterocycles. The molecule has 2 aromatic carbocycles. The van der Waals surface area contributed by atoms with Crippen molar-refractivity contribution in [1.29, 1.82) is 0 Å². The first-order chi connectivity index (χ1) is 16.8. The van der Waals surface area contributed by atoms with Crippen molar-refractivity contribution >= 4 is 33.4 Å². The Morgan fingerprint density at radius 1 is 1.08 bits per heavy atom. The van der Waals surface area contributed by atoms with Crippen molar-refractivity contribution in [3.63, 3.8) is 0 Å². The molecule has 0 aliphatic heterocycles. The molecule has 0 aliphatic carbocycles. The highest BCUT2D eigenvalue weighted by Crippen LogP contribution is 2.35. The molecule has 1 N–H and O–H groups in total. The summed E-state index contributed by atoms with van der Waals surface area (Å²) in [5, 5.41) is 3.43. The highest BCUT2D eigenvalue weighted by molar-refractivity contribution is 9.10. The number of hydrogen-bond donors (Lipinski definition) is 1. The molecule has 0 saturated carbocycles. The van der Waals surface area contributed by atoms with Gasteiger partial charge in [0.15, 0.2) is 5.60 Å². The van der Waals surface area contributed by atoms with Gasteiger partial charge in [0.1, 0.15) is 5.82 Å². The molecule has 3 aromatic rings. The molecular formula is C26H24BrClF4N2O2. The smallest absolute Gasteiger partial charge is 0.417 e. The van der Waals surface area contributed by atoms with E-state index < -0.39 is 29.1 Å². The maximum Gasteiger partial charge on any atom is 0.417 e. The summed E-state index contributed by atoms with van der Waals surface area (Å²) >= 11 is 9.34. The van der Waals surface area contributed by atoms with Crippen molar-refractivity contribution in [2.24, 2.45) is 0 Å². The van der Waals surface area contributed by atoms with Crippen LogP contribution in [0.2, 0.25) is 5.02 Å². The number of rotatable bonds is 8. The van der Waals surface area contributed by atoms with E-state index in [9.17, 15) is 22.4 Å². The van der Waals surface area contributed by atoms with Gasteiger partial charge in [0.05, 0.1) is 5.56 Å². The molecular weight excluding hydrogens is 564 g/mol. The van der Waals surface area contributed by atoms with Gasteiger partial charge in [0, 0.05) is 34.2 Å². The molecule has 0 bridgehead atoms. The zero-order valence-corrected chi connectivity index (χ0v) is 22.0. The average molecular weight is 588 g/mol. The zero-order valence-electron chi connectivity index (χ0n) is 19.7. The Balaban J connectivity index is 1.78. The molecule has 1 amide bonds. The number of benzene rings is 2. The lowest BCUT2D eigenvalue weighted by Crippen LogP contribution is -2.48. The maximum atomic E-state index is 14.2. The molecule has 36 heavy (non-hydrogen) atoms. The van der Waals surface area contributed by atoms with Gasteiger partial charge in [-0.2, -0.15) is 13.2 Å². The molecule has 2 atom stereocenters. The molecule has 0 fully saturated rings. The summed E-state index contributed by atoms with van der Waals surface area (Å²) in [4.78, 5) is 16.7. The van der Waals surface area contributed by atoms with E-state index in [4.69, 9.17) is 16.3 Å². The number of hydrogen-bond acceptors (Lipinski definition) is 3. The molecule has 1 heterocycles. The van der Waals surface area contributed by atoms with Crippen molar-refractivity contribution in [1.82, 2.24) is 10.3 Å². The quantitative estimate of drug-likeness (QED) is 0.278. The number of nitrogens with zero attached hydrogens (tertiary/aromatic N) is 1. The first-order valence-corrected chi connectivity index (χ1v) is 12.2. The molecule has 2 unspecified atom stereocenters. The average Bonchev–Trinajstić information content (AvgIpc) is 2.78. The Morgan fingerprint density at radius 3 is 2.31 bits per heavy atom. The third-order valence-corrected chi connectivity index (χ3v) is 6.47. The number of carbonyl (C=O) groups excluding carboxylic acids is 1. The Labute approximate surface area is 220 Å². The van der Waals surface area contributed by atoms with Crippen molar-refractivity contribution < 1.29 is 27.1 Å². The van der Waals surface area contributed by atoms with Gasteiger partial charge in [0.2, 0.25) is 5.88 Å². The van der Waals surface area contributed by atoms with Gasteiger partial charge >= 0.3 is 6.18 Å². The van der Waals surface area contributed by atoms with Crippen LogP contribution in [0.25, 0.3) is 0 Å². The number of ether oxygens (including phenoxy) is 1. The van der Waals surface area contributed by atoms with E-state index >= 15 is 0 Å². The van der Waals surface area contributed by atoms with Crippen LogP contribution in [0.5, 0.6) is 5.88 Å². The van der Waals surface area contributed by atoms with Gasteiger partial charge < -0.3 is 10.1 Å². The van der Waals surface area contributed by atoms with Gasteiger partial charge in [-0.1, -0.05) is 46.6 Å². The van der Waals surface area contributed by atoms with E-state index in [-0.39, 0.29) is 24.3 Å². The first-order valence-electron chi connectivity index (χ1n) is 11.0. The van der Waals surface area contributed by atoms with Crippen LogP contribution in [0, 0.1) is 5.82 Å². The van der Waals surface area contributed by atoms with Gasteiger partial charge in [-0.15, -0.1) is 0 Å². The lowest BCUT2D eigenvalue weighted by Gasteiger charge is -2.29. The Hall–Kier alpha value is -2.65. The highest BCUT2D eigenvalue weighted by Gasteiger charge is 2.34. The van der Waals surface area contributed by atoms with Gasteiger partial charge in [-0.25, -0.2) is 9.37 Å². The van der Waals surface area contributed by atoms with E-state index in [0.29, 0.717) is 21.3 Å². The van der Waals surface area contributed by atoms with E-state index in [1.807, 2.05) is 19.1 Å². The summed E-state index contributed by atoms with van der Waals surface area (Å²) in [6.07, 6.45) is -3.88. The van der Waals surface area contributed by atoms with Crippen molar-refractivity contribution in [2.75, 3.05) is 6.54 Å². The van der Waals surface area contributed by atoms with Crippen LogP contribution in [0.3, 0.4) is 0 Å². The van der Waals surface area contributed by atoms with Gasteiger partial charge in [-0.3, -0.25) is 4.79 Å². The molecule has 4 nitrogen and oxygen atoms in total. The minimum absolute atomic E-state index is 0.122. The lowest BCUT2D eigenvalue weighted by molar-refractivity contribution is -0.138. The third kappa shape index (κ3) is 7.20. The summed E-state index contributed by atoms with van der Waals surface area (Å²) < 4.78 is 58.7. The van der Waals surface area contributed by atoms with Gasteiger partial charge in [0.25, 0.3) is 5.91 Å². The number of pyridine rings is 1. The Kier molecular flexibility index (Phi) is 8.67. The van der Waals surface area contributed by atoms with Crippen LogP contribution in [0.4, 0.5) is 17.6 Å². The van der Waals surface area contributed by atoms with E-state index in [2.05, 4.69) is 26.2 Å². The van der Waals surface area contributed by atoms with Crippen LogP contribution in [0.15, 0.2) is 65.3 Å². The van der Waals surface area contributed by atoms with Crippen LogP contribution in [-0.2, 0) is 11.0 Å². The molecule has 3 rings (SSSR count). The molecule has 0 spiro atoms. The second-order valence-electron chi connectivity index (χ2n) is 8.85. The second-order valence-corrected chi connectivity index (χ2v) is 10.2. The Bertz CT molecular complexity index is 1180. The summed E-state index contributed by atoms with van der Waals surface area (Å²) in [5.74, 6) is -1.49. The van der Waals surface area contributed by atoms with Crippen molar-refractivity contribution in [2.45, 2.75) is 44.4 Å². The van der Waals surface area contributed by atoms with Crippen LogP contribution >= 0.6 is 27.5 Å². The predicted octanol–water partition coefficient (Wildman–Crippen LogP) is 7.52. The van der Waals surface area contributed by atoms with Crippen molar-refractivity contribution in [3.8, 4) is 5.88 Å². The number of aromatic nitrogens is 1. The number of carbonyl (C=O) groups is 1. The summed E-state index contributed by atoms with van der Waals surface area (Å²) in [6, 6.07) is 13.7. The molecule has 192 valence electrons. The van der Waals surface area contributed by atoms with Crippen LogP contribution in [0.1, 0.15) is 49.3 Å². The molecule has 0 radical (unpaired) electrons. The topological polar surface area (TPSA) is 51.2 Å². The molecule has 0 saturated heterocycles.